The van der Waals surface area contributed by atoms with Crippen molar-refractivity contribution < 1.29 is 4.79 Å². The number of hydrogen-bond acceptors (Lipinski definition) is 3. The lowest BCUT2D eigenvalue weighted by Gasteiger charge is -2.36. The van der Waals surface area contributed by atoms with Crippen molar-refractivity contribution in [2.24, 2.45) is 5.92 Å². The average molecular weight is 287 g/mol. The molecule has 0 aliphatic carbocycles. The van der Waals surface area contributed by atoms with Crippen molar-refractivity contribution in [2.75, 3.05) is 31.5 Å². The number of hydrogen-bond donors (Lipinski definition) is 2. The fraction of sp³-hybridized carbons (Fsp3) is 0.588. The first-order valence-corrected chi connectivity index (χ1v) is 8.10. The minimum atomic E-state index is 0.107. The highest BCUT2D eigenvalue weighted by Gasteiger charge is 2.35. The molecule has 114 valence electrons. The van der Waals surface area contributed by atoms with Gasteiger partial charge in [-0.2, -0.15) is 0 Å². The zero-order valence-electron chi connectivity index (χ0n) is 12.8. The van der Waals surface area contributed by atoms with E-state index in [1.54, 1.807) is 0 Å². The molecule has 4 nitrogen and oxygen atoms in total. The molecule has 0 bridgehead atoms. The molecule has 0 radical (unpaired) electrons. The zero-order valence-corrected chi connectivity index (χ0v) is 12.8. The second-order valence-electron chi connectivity index (χ2n) is 6.20. The van der Waals surface area contributed by atoms with Crippen molar-refractivity contribution >= 4 is 11.6 Å². The van der Waals surface area contributed by atoms with Crippen LogP contribution in [-0.4, -0.2) is 43.0 Å². The van der Waals surface area contributed by atoms with Crippen LogP contribution < -0.4 is 10.6 Å². The molecular weight excluding hydrogens is 262 g/mol. The Labute approximate surface area is 126 Å². The molecule has 2 aliphatic heterocycles. The Morgan fingerprint density at radius 1 is 1.43 bits per heavy atom. The topological polar surface area (TPSA) is 44.4 Å². The van der Waals surface area contributed by atoms with Gasteiger partial charge in [0.2, 0.25) is 5.91 Å². The number of amides is 1. The first-order valence-electron chi connectivity index (χ1n) is 8.10. The van der Waals surface area contributed by atoms with Gasteiger partial charge in [-0.25, -0.2) is 0 Å². The lowest BCUT2D eigenvalue weighted by molar-refractivity contribution is -0.118. The molecule has 0 spiro atoms. The maximum atomic E-state index is 12.3. The number of anilines is 1. The number of carbonyl (C=O) groups excluding carboxylic acids is 1. The Morgan fingerprint density at radius 3 is 3.19 bits per heavy atom. The summed E-state index contributed by atoms with van der Waals surface area (Å²) < 4.78 is 0. The van der Waals surface area contributed by atoms with Crippen molar-refractivity contribution in [3.63, 3.8) is 0 Å². The number of likely N-dealkylation sites (tertiary alicyclic amines) is 1. The molecule has 1 aromatic rings. The number of nitrogens with one attached hydrogen (secondary N) is 2. The number of carbonyl (C=O) groups is 1. The molecule has 2 fully saturated rings. The van der Waals surface area contributed by atoms with E-state index in [9.17, 15) is 4.79 Å². The van der Waals surface area contributed by atoms with E-state index in [0.717, 1.165) is 37.7 Å². The van der Waals surface area contributed by atoms with Crippen molar-refractivity contribution in [3.8, 4) is 0 Å². The molecule has 21 heavy (non-hydrogen) atoms. The quantitative estimate of drug-likeness (QED) is 0.888. The molecule has 2 heterocycles. The van der Waals surface area contributed by atoms with Crippen molar-refractivity contribution in [2.45, 2.75) is 32.2 Å². The molecule has 4 heteroatoms. The van der Waals surface area contributed by atoms with Crippen LogP contribution in [0.25, 0.3) is 0 Å². The second kappa shape index (κ2) is 6.58. The zero-order chi connectivity index (χ0) is 14.7. The number of rotatable bonds is 4. The van der Waals surface area contributed by atoms with Gasteiger partial charge in [-0.05, 0) is 56.0 Å². The molecular formula is C17H25N3O. The summed E-state index contributed by atoms with van der Waals surface area (Å²) in [5.41, 5.74) is 2.17. The monoisotopic (exact) mass is 287 g/mol. The Morgan fingerprint density at radius 2 is 2.33 bits per heavy atom. The summed E-state index contributed by atoms with van der Waals surface area (Å²) in [6.45, 7) is 5.83. The van der Waals surface area contributed by atoms with Crippen LogP contribution in [0.15, 0.2) is 24.3 Å². The highest BCUT2D eigenvalue weighted by molar-refractivity contribution is 5.92. The summed E-state index contributed by atoms with van der Waals surface area (Å²) in [5, 5.41) is 6.50. The van der Waals surface area contributed by atoms with Gasteiger partial charge in [-0.3, -0.25) is 9.69 Å². The van der Waals surface area contributed by atoms with Gasteiger partial charge in [0.05, 0.1) is 6.54 Å². The minimum absolute atomic E-state index is 0.107. The Bertz CT molecular complexity index is 503. The molecule has 2 saturated heterocycles. The lowest BCUT2D eigenvalue weighted by atomic mass is 9.92. The van der Waals surface area contributed by atoms with Crippen molar-refractivity contribution in [1.29, 1.82) is 0 Å². The van der Waals surface area contributed by atoms with Crippen LogP contribution >= 0.6 is 0 Å². The molecule has 1 aromatic carbocycles. The molecule has 2 aliphatic rings. The predicted molar refractivity (Wildman–Crippen MR) is 85.4 cm³/mol. The summed E-state index contributed by atoms with van der Waals surface area (Å²) in [6.07, 6.45) is 3.50. The number of benzene rings is 1. The molecule has 2 unspecified atom stereocenters. The summed E-state index contributed by atoms with van der Waals surface area (Å²) >= 11 is 0. The molecule has 0 aromatic heterocycles. The summed E-state index contributed by atoms with van der Waals surface area (Å²) in [4.78, 5) is 14.7. The van der Waals surface area contributed by atoms with E-state index in [2.05, 4.69) is 34.6 Å². The van der Waals surface area contributed by atoms with E-state index in [1.165, 1.54) is 18.4 Å². The third kappa shape index (κ3) is 3.44. The van der Waals surface area contributed by atoms with Gasteiger partial charge in [0.15, 0.2) is 0 Å². The summed E-state index contributed by atoms with van der Waals surface area (Å²) in [6, 6.07) is 8.68. The lowest BCUT2D eigenvalue weighted by Crippen LogP contribution is -2.48. The molecule has 2 atom stereocenters. The highest BCUT2D eigenvalue weighted by Crippen LogP contribution is 2.26. The van der Waals surface area contributed by atoms with Gasteiger partial charge >= 0.3 is 0 Å². The van der Waals surface area contributed by atoms with E-state index in [1.807, 2.05) is 12.1 Å². The predicted octanol–water partition coefficient (Wildman–Crippen LogP) is 1.87. The normalized spacial score (nSPS) is 25.6. The smallest absolute Gasteiger partial charge is 0.238 e. The number of fused-ring (bicyclic) bond motifs is 1. The van der Waals surface area contributed by atoms with Gasteiger partial charge in [0.25, 0.3) is 0 Å². The number of nitrogens with zero attached hydrogens (tertiary/aromatic N) is 1. The van der Waals surface area contributed by atoms with E-state index >= 15 is 0 Å². The fourth-order valence-electron chi connectivity index (χ4n) is 3.61. The molecule has 2 N–H and O–H groups in total. The largest absolute Gasteiger partial charge is 0.325 e. The maximum absolute atomic E-state index is 12.3. The van der Waals surface area contributed by atoms with Crippen molar-refractivity contribution in [1.82, 2.24) is 10.2 Å². The minimum Gasteiger partial charge on any atom is -0.325 e. The average Bonchev–Trinajstić information content (AvgIpc) is 2.97. The number of piperidine rings is 1. The van der Waals surface area contributed by atoms with E-state index in [-0.39, 0.29) is 5.91 Å². The van der Waals surface area contributed by atoms with Crippen LogP contribution in [0, 0.1) is 5.92 Å². The van der Waals surface area contributed by atoms with E-state index in [0.29, 0.717) is 12.6 Å². The summed E-state index contributed by atoms with van der Waals surface area (Å²) in [7, 11) is 0. The van der Waals surface area contributed by atoms with Gasteiger partial charge in [0, 0.05) is 18.3 Å². The van der Waals surface area contributed by atoms with Crippen LogP contribution in [0.4, 0.5) is 5.69 Å². The third-order valence-corrected chi connectivity index (χ3v) is 4.76. The van der Waals surface area contributed by atoms with Crippen LogP contribution in [-0.2, 0) is 11.2 Å². The van der Waals surface area contributed by atoms with E-state index in [4.69, 9.17) is 0 Å². The van der Waals surface area contributed by atoms with Crippen LogP contribution in [0.3, 0.4) is 0 Å². The summed E-state index contributed by atoms with van der Waals surface area (Å²) in [5.74, 6) is 0.839. The first kappa shape index (κ1) is 14.5. The Kier molecular flexibility index (Phi) is 4.56. The number of aryl methyl sites for hydroxylation is 1. The SMILES string of the molecule is CCc1cccc(NC(=O)CN2CCCC3CNCC32)c1. The molecule has 1 amide bonds. The molecule has 3 rings (SSSR count). The van der Waals surface area contributed by atoms with Crippen LogP contribution in [0.2, 0.25) is 0 Å². The van der Waals surface area contributed by atoms with Crippen molar-refractivity contribution in [3.05, 3.63) is 29.8 Å². The van der Waals surface area contributed by atoms with Crippen LogP contribution in [0.1, 0.15) is 25.3 Å². The van der Waals surface area contributed by atoms with Gasteiger partial charge in [-0.1, -0.05) is 19.1 Å². The maximum Gasteiger partial charge on any atom is 0.238 e. The van der Waals surface area contributed by atoms with E-state index < -0.39 is 0 Å². The third-order valence-electron chi connectivity index (χ3n) is 4.76. The van der Waals surface area contributed by atoms with Crippen LogP contribution in [0.5, 0.6) is 0 Å². The standard InChI is InChI=1S/C17H25N3O/c1-2-13-5-3-7-15(9-13)19-17(21)12-20-8-4-6-14-10-18-11-16(14)20/h3,5,7,9,14,16,18H,2,4,6,8,10-12H2,1H3,(H,19,21). The van der Waals surface area contributed by atoms with Gasteiger partial charge in [-0.15, -0.1) is 0 Å². The molecule has 0 saturated carbocycles. The van der Waals surface area contributed by atoms with Gasteiger partial charge < -0.3 is 10.6 Å². The first-order chi connectivity index (χ1) is 10.3. The fourth-order valence-corrected chi connectivity index (χ4v) is 3.61. The van der Waals surface area contributed by atoms with Gasteiger partial charge in [0.1, 0.15) is 0 Å². The Hall–Kier alpha value is -1.39. The highest BCUT2D eigenvalue weighted by atomic mass is 16.2. The Balaban J connectivity index is 1.58. The second-order valence-corrected chi connectivity index (χ2v) is 6.20.